The van der Waals surface area contributed by atoms with E-state index >= 15 is 0 Å². The summed E-state index contributed by atoms with van der Waals surface area (Å²) in [5.74, 6) is 1.57. The fourth-order valence-corrected chi connectivity index (χ4v) is 8.60. The molecule has 36 heavy (non-hydrogen) atoms. The standard InChI is InChI=1S/C33H27ClOP/c34-28-21-23-29(24-22-28)35-30-14-10-12-27(26-30)13-11-25-36(31-15-4-1-5-16-31,32-17-6-2-7-18-32)33-19-8-3-9-20-33/h1-24,26H,25H2/q+1. The van der Waals surface area contributed by atoms with Crippen molar-refractivity contribution < 1.29 is 4.74 Å². The highest BCUT2D eigenvalue weighted by Crippen LogP contribution is 2.55. The van der Waals surface area contributed by atoms with Gasteiger partial charge in [-0.25, -0.2) is 0 Å². The van der Waals surface area contributed by atoms with E-state index in [9.17, 15) is 0 Å². The SMILES string of the molecule is Clc1ccc(Oc2cccc(C=CC[P+](c3ccccc3)(c3ccccc3)c3ccccc3)c2)cc1. The summed E-state index contributed by atoms with van der Waals surface area (Å²) in [6, 6.07) is 48.5. The highest BCUT2D eigenvalue weighted by atomic mass is 35.5. The van der Waals surface area contributed by atoms with Crippen molar-refractivity contribution in [3.8, 4) is 11.5 Å². The first-order valence-corrected chi connectivity index (χ1v) is 14.3. The van der Waals surface area contributed by atoms with Gasteiger partial charge in [-0.3, -0.25) is 0 Å². The quantitative estimate of drug-likeness (QED) is 0.193. The summed E-state index contributed by atoms with van der Waals surface area (Å²) in [4.78, 5) is 0. The van der Waals surface area contributed by atoms with E-state index < -0.39 is 7.26 Å². The number of ether oxygens (including phenoxy) is 1. The van der Waals surface area contributed by atoms with E-state index in [1.807, 2.05) is 36.4 Å². The average Bonchev–Trinajstić information content (AvgIpc) is 2.94. The zero-order valence-corrected chi connectivity index (χ0v) is 21.5. The average molecular weight is 506 g/mol. The summed E-state index contributed by atoms with van der Waals surface area (Å²) in [5.41, 5.74) is 1.11. The highest BCUT2D eigenvalue weighted by molar-refractivity contribution is 7.95. The molecule has 0 saturated carbocycles. The predicted octanol–water partition coefficient (Wildman–Crippen LogP) is 8.14. The lowest BCUT2D eigenvalue weighted by Crippen LogP contribution is -2.32. The highest BCUT2D eigenvalue weighted by Gasteiger charge is 2.44. The number of rotatable bonds is 8. The Morgan fingerprint density at radius 1 is 0.556 bits per heavy atom. The molecule has 0 spiro atoms. The molecule has 176 valence electrons. The fourth-order valence-electron chi connectivity index (χ4n) is 4.48. The van der Waals surface area contributed by atoms with Crippen LogP contribution in [-0.2, 0) is 0 Å². The second-order valence-corrected chi connectivity index (χ2v) is 12.5. The van der Waals surface area contributed by atoms with Crippen molar-refractivity contribution in [2.24, 2.45) is 0 Å². The van der Waals surface area contributed by atoms with E-state index in [1.54, 1.807) is 0 Å². The lowest BCUT2D eigenvalue weighted by molar-refractivity contribution is 0.482. The lowest BCUT2D eigenvalue weighted by Gasteiger charge is -2.26. The third-order valence-electron chi connectivity index (χ3n) is 6.19. The van der Waals surface area contributed by atoms with Gasteiger partial charge in [0.05, 0.1) is 6.16 Å². The van der Waals surface area contributed by atoms with Crippen LogP contribution in [0.15, 0.2) is 146 Å². The van der Waals surface area contributed by atoms with E-state index in [0.717, 1.165) is 23.2 Å². The molecule has 0 atom stereocenters. The van der Waals surface area contributed by atoms with Crippen molar-refractivity contribution in [1.82, 2.24) is 0 Å². The van der Waals surface area contributed by atoms with Crippen molar-refractivity contribution >= 4 is 40.9 Å². The molecule has 0 bridgehead atoms. The van der Waals surface area contributed by atoms with Gasteiger partial charge in [-0.15, -0.1) is 0 Å². The third kappa shape index (κ3) is 5.44. The first-order valence-electron chi connectivity index (χ1n) is 12.0. The summed E-state index contributed by atoms with van der Waals surface area (Å²) < 4.78 is 6.04. The van der Waals surface area contributed by atoms with Crippen LogP contribution in [0.4, 0.5) is 0 Å². The Kier molecular flexibility index (Phi) is 7.62. The summed E-state index contributed by atoms with van der Waals surface area (Å²) in [5, 5.41) is 4.84. The van der Waals surface area contributed by atoms with Gasteiger partial charge in [0.2, 0.25) is 0 Å². The molecule has 5 rings (SSSR count). The minimum Gasteiger partial charge on any atom is -0.457 e. The van der Waals surface area contributed by atoms with E-state index in [1.165, 1.54) is 15.9 Å². The van der Waals surface area contributed by atoms with Crippen LogP contribution in [0.1, 0.15) is 5.56 Å². The Labute approximate surface area is 219 Å². The van der Waals surface area contributed by atoms with Crippen LogP contribution >= 0.6 is 18.9 Å². The number of allylic oxidation sites excluding steroid dienone is 1. The zero-order chi connectivity index (χ0) is 24.6. The van der Waals surface area contributed by atoms with Gasteiger partial charge in [0, 0.05) is 5.02 Å². The van der Waals surface area contributed by atoms with Crippen molar-refractivity contribution in [3.63, 3.8) is 0 Å². The molecular formula is C33H27ClOP+. The Bertz CT molecular complexity index is 1320. The van der Waals surface area contributed by atoms with E-state index in [4.69, 9.17) is 16.3 Å². The maximum Gasteiger partial charge on any atom is 0.128 e. The van der Waals surface area contributed by atoms with Crippen LogP contribution in [0.3, 0.4) is 0 Å². The molecule has 1 nitrogen and oxygen atoms in total. The van der Waals surface area contributed by atoms with Crippen LogP contribution in [0.5, 0.6) is 11.5 Å². The van der Waals surface area contributed by atoms with Gasteiger partial charge in [0.25, 0.3) is 0 Å². The van der Waals surface area contributed by atoms with Gasteiger partial charge < -0.3 is 4.74 Å². The number of hydrogen-bond donors (Lipinski definition) is 0. The first-order chi connectivity index (χ1) is 17.7. The fraction of sp³-hybridized carbons (Fsp3) is 0.0303. The van der Waals surface area contributed by atoms with Crippen molar-refractivity contribution in [2.45, 2.75) is 0 Å². The zero-order valence-electron chi connectivity index (χ0n) is 19.9. The molecule has 5 aromatic carbocycles. The minimum absolute atomic E-state index is 0.695. The van der Waals surface area contributed by atoms with Gasteiger partial charge in [-0.2, -0.15) is 0 Å². The maximum absolute atomic E-state index is 6.04. The molecular weight excluding hydrogens is 479 g/mol. The molecule has 0 radical (unpaired) electrons. The summed E-state index contributed by atoms with van der Waals surface area (Å²) in [6.07, 6.45) is 5.45. The maximum atomic E-state index is 6.04. The molecule has 0 heterocycles. The molecule has 0 aliphatic carbocycles. The molecule has 0 amide bonds. The van der Waals surface area contributed by atoms with Crippen LogP contribution in [0, 0.1) is 0 Å². The molecule has 0 fully saturated rings. The van der Waals surface area contributed by atoms with Crippen LogP contribution in [0.2, 0.25) is 5.02 Å². The molecule has 0 aromatic heterocycles. The van der Waals surface area contributed by atoms with Gasteiger partial charge >= 0.3 is 0 Å². The third-order valence-corrected chi connectivity index (χ3v) is 10.7. The second kappa shape index (κ2) is 11.4. The van der Waals surface area contributed by atoms with Crippen LogP contribution < -0.4 is 20.7 Å². The molecule has 0 N–H and O–H groups in total. The Morgan fingerprint density at radius 2 is 1.08 bits per heavy atom. The van der Waals surface area contributed by atoms with Crippen LogP contribution in [0.25, 0.3) is 6.08 Å². The van der Waals surface area contributed by atoms with Gasteiger partial charge in [-0.05, 0) is 84.4 Å². The van der Waals surface area contributed by atoms with Crippen molar-refractivity contribution in [1.29, 1.82) is 0 Å². The molecule has 0 unspecified atom stereocenters. The molecule has 0 saturated heterocycles. The topological polar surface area (TPSA) is 9.23 Å². The molecule has 3 heteroatoms. The normalized spacial score (nSPS) is 11.5. The molecule has 0 aliphatic rings. The predicted molar refractivity (Wildman–Crippen MR) is 157 cm³/mol. The smallest absolute Gasteiger partial charge is 0.128 e. The molecule has 0 aliphatic heterocycles. The Hall–Kier alpha value is -3.64. The monoisotopic (exact) mass is 505 g/mol. The van der Waals surface area contributed by atoms with Gasteiger partial charge in [-0.1, -0.05) is 84.4 Å². The van der Waals surface area contributed by atoms with E-state index in [0.29, 0.717) is 5.02 Å². The summed E-state index contributed by atoms with van der Waals surface area (Å²) >= 11 is 6.00. The summed E-state index contributed by atoms with van der Waals surface area (Å²) in [6.45, 7) is 0. The minimum atomic E-state index is -1.89. The Morgan fingerprint density at radius 3 is 1.61 bits per heavy atom. The second-order valence-electron chi connectivity index (χ2n) is 8.53. The largest absolute Gasteiger partial charge is 0.457 e. The van der Waals surface area contributed by atoms with Crippen molar-refractivity contribution in [3.05, 3.63) is 156 Å². The lowest BCUT2D eigenvalue weighted by atomic mass is 10.2. The van der Waals surface area contributed by atoms with Crippen molar-refractivity contribution in [2.75, 3.05) is 6.16 Å². The van der Waals surface area contributed by atoms with E-state index in [2.05, 4.69) is 115 Å². The van der Waals surface area contributed by atoms with E-state index in [-0.39, 0.29) is 0 Å². The van der Waals surface area contributed by atoms with Gasteiger partial charge in [0.15, 0.2) is 0 Å². The van der Waals surface area contributed by atoms with Gasteiger partial charge in [0.1, 0.15) is 34.7 Å². The number of hydrogen-bond acceptors (Lipinski definition) is 1. The number of benzene rings is 5. The molecule has 5 aromatic rings. The van der Waals surface area contributed by atoms with Crippen LogP contribution in [-0.4, -0.2) is 6.16 Å². The first kappa shape index (κ1) is 24.1. The number of halogens is 1. The Balaban J connectivity index is 1.49. The summed E-state index contributed by atoms with van der Waals surface area (Å²) in [7, 11) is -1.89.